The lowest BCUT2D eigenvalue weighted by Gasteiger charge is -2.28. The van der Waals surface area contributed by atoms with Gasteiger partial charge in [-0.3, -0.25) is 0 Å². The van der Waals surface area contributed by atoms with Crippen molar-refractivity contribution < 1.29 is 9.47 Å². The molecule has 0 amide bonds. The Hall–Kier alpha value is -2.01. The molecule has 5 nitrogen and oxygen atoms in total. The molecule has 5 heteroatoms. The summed E-state index contributed by atoms with van der Waals surface area (Å²) in [6.45, 7) is 7.91. The van der Waals surface area contributed by atoms with Gasteiger partial charge in [0, 0.05) is 31.6 Å². The number of fused-ring (bicyclic) bond motifs is 1. The summed E-state index contributed by atoms with van der Waals surface area (Å²) in [5, 5.41) is 8.32. The summed E-state index contributed by atoms with van der Waals surface area (Å²) < 4.78 is 13.3. The third-order valence-electron chi connectivity index (χ3n) is 4.66. The van der Waals surface area contributed by atoms with Crippen LogP contribution in [0.4, 0.5) is 0 Å². The van der Waals surface area contributed by atoms with Gasteiger partial charge >= 0.3 is 0 Å². The average Bonchev–Trinajstić information content (AvgIpc) is 2.89. The van der Waals surface area contributed by atoms with Crippen molar-refractivity contribution in [1.29, 1.82) is 0 Å². The first-order valence-corrected chi connectivity index (χ1v) is 8.58. The van der Waals surface area contributed by atoms with E-state index in [9.17, 15) is 0 Å². The molecule has 1 aromatic heterocycles. The fraction of sp³-hybridized carbons (Fsp3) is 0.526. The first-order chi connectivity index (χ1) is 11.5. The quantitative estimate of drug-likeness (QED) is 0.912. The van der Waals surface area contributed by atoms with Gasteiger partial charge in [0.15, 0.2) is 0 Å². The maximum absolute atomic E-state index is 5.87. The Morgan fingerprint density at radius 3 is 2.92 bits per heavy atom. The van der Waals surface area contributed by atoms with Gasteiger partial charge in [0.2, 0.25) is 5.88 Å². The van der Waals surface area contributed by atoms with E-state index in [1.54, 1.807) is 7.11 Å². The Morgan fingerprint density at radius 2 is 2.21 bits per heavy atom. The summed E-state index contributed by atoms with van der Waals surface area (Å²) in [6.07, 6.45) is 0.968. The topological polar surface area (TPSA) is 48.3 Å². The van der Waals surface area contributed by atoms with Crippen molar-refractivity contribution >= 4 is 0 Å². The van der Waals surface area contributed by atoms with Gasteiger partial charge in [-0.15, -0.1) is 0 Å². The molecule has 130 valence electrons. The number of methoxy groups -OCH3 is 1. The summed E-state index contributed by atoms with van der Waals surface area (Å²) in [6, 6.07) is 6.64. The van der Waals surface area contributed by atoms with Crippen LogP contribution in [0.5, 0.6) is 11.6 Å². The standard InChI is InChI=1S/C19H27N3O2/c1-12(2)17-15(19(23-5)22(4)21-17)11-20-16-9-10-24-18-13(3)7-6-8-14(16)18/h6-8,12,16,20H,9-11H2,1-5H3/t16-/m1/s1. The van der Waals surface area contributed by atoms with Crippen LogP contribution in [0, 0.1) is 6.92 Å². The molecule has 1 atom stereocenters. The molecular formula is C19H27N3O2. The number of benzene rings is 1. The highest BCUT2D eigenvalue weighted by molar-refractivity contribution is 5.44. The highest BCUT2D eigenvalue weighted by Crippen LogP contribution is 2.35. The Labute approximate surface area is 144 Å². The van der Waals surface area contributed by atoms with Crippen LogP contribution < -0.4 is 14.8 Å². The van der Waals surface area contributed by atoms with Crippen molar-refractivity contribution in [3.8, 4) is 11.6 Å². The molecule has 1 aliphatic heterocycles. The summed E-state index contributed by atoms with van der Waals surface area (Å²) in [4.78, 5) is 0. The van der Waals surface area contributed by atoms with E-state index in [1.165, 1.54) is 11.1 Å². The molecule has 1 N–H and O–H groups in total. The van der Waals surface area contributed by atoms with E-state index in [2.05, 4.69) is 49.4 Å². The number of hydrogen-bond donors (Lipinski definition) is 1. The van der Waals surface area contributed by atoms with Crippen molar-refractivity contribution in [2.45, 2.75) is 45.7 Å². The highest BCUT2D eigenvalue weighted by Gasteiger charge is 2.24. The van der Waals surface area contributed by atoms with Crippen LogP contribution in [0.1, 0.15) is 54.6 Å². The Kier molecular flexibility index (Phi) is 4.81. The van der Waals surface area contributed by atoms with E-state index >= 15 is 0 Å². The number of nitrogens with zero attached hydrogens (tertiary/aromatic N) is 2. The van der Waals surface area contributed by atoms with Crippen molar-refractivity contribution in [2.24, 2.45) is 7.05 Å². The number of para-hydroxylation sites is 1. The zero-order valence-corrected chi connectivity index (χ0v) is 15.2. The van der Waals surface area contributed by atoms with Crippen LogP contribution in [0.2, 0.25) is 0 Å². The van der Waals surface area contributed by atoms with Gasteiger partial charge in [-0.1, -0.05) is 32.0 Å². The third kappa shape index (κ3) is 3.00. The molecule has 2 heterocycles. The molecule has 1 aromatic carbocycles. The number of rotatable bonds is 5. The zero-order valence-electron chi connectivity index (χ0n) is 15.2. The van der Waals surface area contributed by atoms with Crippen LogP contribution in [0.15, 0.2) is 18.2 Å². The fourth-order valence-corrected chi connectivity index (χ4v) is 3.48. The van der Waals surface area contributed by atoms with Crippen LogP contribution in [0.3, 0.4) is 0 Å². The first kappa shape index (κ1) is 16.8. The van der Waals surface area contributed by atoms with Gasteiger partial charge in [-0.2, -0.15) is 5.10 Å². The molecule has 0 unspecified atom stereocenters. The highest BCUT2D eigenvalue weighted by atomic mass is 16.5. The number of nitrogens with one attached hydrogen (secondary N) is 1. The lowest BCUT2D eigenvalue weighted by Crippen LogP contribution is -2.27. The van der Waals surface area contributed by atoms with Crippen LogP contribution >= 0.6 is 0 Å². The zero-order chi connectivity index (χ0) is 17.3. The van der Waals surface area contributed by atoms with Crippen LogP contribution in [0.25, 0.3) is 0 Å². The molecule has 0 aliphatic carbocycles. The molecule has 24 heavy (non-hydrogen) atoms. The fourth-order valence-electron chi connectivity index (χ4n) is 3.48. The number of aryl methyl sites for hydroxylation is 2. The number of hydrogen-bond acceptors (Lipinski definition) is 4. The lowest BCUT2D eigenvalue weighted by atomic mass is 9.97. The molecule has 3 rings (SSSR count). The molecule has 1 aliphatic rings. The van der Waals surface area contributed by atoms with Crippen molar-refractivity contribution in [2.75, 3.05) is 13.7 Å². The van der Waals surface area contributed by atoms with Gasteiger partial charge in [-0.05, 0) is 18.4 Å². The van der Waals surface area contributed by atoms with Gasteiger partial charge < -0.3 is 14.8 Å². The average molecular weight is 329 g/mol. The molecular weight excluding hydrogens is 302 g/mol. The van der Waals surface area contributed by atoms with Crippen molar-refractivity contribution in [3.05, 3.63) is 40.6 Å². The second kappa shape index (κ2) is 6.85. The maximum Gasteiger partial charge on any atom is 0.216 e. The molecule has 0 saturated carbocycles. The minimum absolute atomic E-state index is 0.290. The van der Waals surface area contributed by atoms with E-state index in [4.69, 9.17) is 9.47 Å². The Bertz CT molecular complexity index is 722. The predicted molar refractivity (Wildman–Crippen MR) is 94.7 cm³/mol. The van der Waals surface area contributed by atoms with Crippen LogP contribution in [-0.2, 0) is 13.6 Å². The van der Waals surface area contributed by atoms with Crippen LogP contribution in [-0.4, -0.2) is 23.5 Å². The predicted octanol–water partition coefficient (Wildman–Crippen LogP) is 3.47. The van der Waals surface area contributed by atoms with Gasteiger partial charge in [-0.25, -0.2) is 4.68 Å². The third-order valence-corrected chi connectivity index (χ3v) is 4.66. The van der Waals surface area contributed by atoms with E-state index in [-0.39, 0.29) is 0 Å². The Balaban J connectivity index is 1.84. The summed E-state index contributed by atoms with van der Waals surface area (Å²) in [7, 11) is 3.64. The summed E-state index contributed by atoms with van der Waals surface area (Å²) in [5.74, 6) is 2.23. The monoisotopic (exact) mass is 329 g/mol. The summed E-state index contributed by atoms with van der Waals surface area (Å²) >= 11 is 0. The molecule has 2 aromatic rings. The second-order valence-corrected chi connectivity index (χ2v) is 6.72. The number of aromatic nitrogens is 2. The SMILES string of the molecule is COc1c(CN[C@@H]2CCOc3c(C)cccc32)c(C(C)C)nn1C. The molecule has 0 bridgehead atoms. The van der Waals surface area contributed by atoms with Crippen molar-refractivity contribution in [3.63, 3.8) is 0 Å². The lowest BCUT2D eigenvalue weighted by molar-refractivity contribution is 0.250. The summed E-state index contributed by atoms with van der Waals surface area (Å²) in [5.41, 5.74) is 4.69. The second-order valence-electron chi connectivity index (χ2n) is 6.72. The molecule has 0 fully saturated rings. The van der Waals surface area contributed by atoms with Gasteiger partial charge in [0.25, 0.3) is 0 Å². The largest absolute Gasteiger partial charge is 0.493 e. The maximum atomic E-state index is 5.87. The molecule has 0 saturated heterocycles. The van der Waals surface area contributed by atoms with Gasteiger partial charge in [0.05, 0.1) is 25.0 Å². The van der Waals surface area contributed by atoms with Gasteiger partial charge in [0.1, 0.15) is 5.75 Å². The molecule has 0 radical (unpaired) electrons. The number of ether oxygens (including phenoxy) is 2. The van der Waals surface area contributed by atoms with E-state index in [0.717, 1.165) is 42.5 Å². The van der Waals surface area contributed by atoms with E-state index < -0.39 is 0 Å². The van der Waals surface area contributed by atoms with E-state index in [1.807, 2.05) is 11.7 Å². The minimum atomic E-state index is 0.290. The van der Waals surface area contributed by atoms with E-state index in [0.29, 0.717) is 12.0 Å². The normalized spacial score (nSPS) is 16.8. The molecule has 0 spiro atoms. The Morgan fingerprint density at radius 1 is 1.42 bits per heavy atom. The minimum Gasteiger partial charge on any atom is -0.493 e. The first-order valence-electron chi connectivity index (χ1n) is 8.58. The smallest absolute Gasteiger partial charge is 0.216 e. The van der Waals surface area contributed by atoms with Crippen molar-refractivity contribution in [1.82, 2.24) is 15.1 Å².